The van der Waals surface area contributed by atoms with Crippen LogP contribution >= 0.6 is 12.2 Å². The van der Waals surface area contributed by atoms with Crippen molar-refractivity contribution in [3.05, 3.63) is 34.9 Å². The Morgan fingerprint density at radius 3 is 2.43 bits per heavy atom. The first-order valence-corrected chi connectivity index (χ1v) is 5.10. The molecular weight excluding hydrogens is 192 g/mol. The van der Waals surface area contributed by atoms with Crippen LogP contribution in [0.5, 0.6) is 0 Å². The van der Waals surface area contributed by atoms with Crippen LogP contribution in [0, 0.1) is 13.8 Å². The summed E-state index contributed by atoms with van der Waals surface area (Å²) in [5.74, 6) is 0. The predicted octanol–water partition coefficient (Wildman–Crippen LogP) is 1.68. The van der Waals surface area contributed by atoms with Gasteiger partial charge >= 0.3 is 0 Å². The summed E-state index contributed by atoms with van der Waals surface area (Å²) in [6, 6.07) is 6.33. The Bertz CT molecular complexity index is 314. The quantitative estimate of drug-likeness (QED) is 0.742. The van der Waals surface area contributed by atoms with E-state index in [4.69, 9.17) is 18.0 Å². The smallest absolute Gasteiger partial charge is 0.163 e. The third kappa shape index (κ3) is 3.00. The van der Waals surface area contributed by atoms with E-state index in [0.29, 0.717) is 5.11 Å². The summed E-state index contributed by atoms with van der Waals surface area (Å²) in [4.78, 5) is 0. The minimum atomic E-state index is 0.372. The lowest BCUT2D eigenvalue weighted by atomic mass is 10.0. The number of nitrogens with two attached hydrogens (primary N) is 1. The Morgan fingerprint density at radius 1 is 1.36 bits per heavy atom. The van der Waals surface area contributed by atoms with E-state index < -0.39 is 0 Å². The van der Waals surface area contributed by atoms with E-state index in [-0.39, 0.29) is 0 Å². The lowest BCUT2D eigenvalue weighted by Crippen LogP contribution is -2.30. The van der Waals surface area contributed by atoms with Crippen LogP contribution in [0.4, 0.5) is 0 Å². The van der Waals surface area contributed by atoms with Crippen molar-refractivity contribution in [1.29, 1.82) is 0 Å². The minimum Gasteiger partial charge on any atom is -0.376 e. The van der Waals surface area contributed by atoms with Crippen molar-refractivity contribution >= 4 is 17.3 Å². The third-order valence-electron chi connectivity index (χ3n) is 2.32. The van der Waals surface area contributed by atoms with Gasteiger partial charge in [0.15, 0.2) is 5.11 Å². The van der Waals surface area contributed by atoms with E-state index in [2.05, 4.69) is 37.4 Å². The van der Waals surface area contributed by atoms with Gasteiger partial charge in [0.05, 0.1) is 0 Å². The molecule has 3 heteroatoms. The fourth-order valence-electron chi connectivity index (χ4n) is 1.55. The van der Waals surface area contributed by atoms with Crippen molar-refractivity contribution in [3.63, 3.8) is 0 Å². The molecule has 3 N–H and O–H groups in total. The molecule has 0 aliphatic heterocycles. The summed E-state index contributed by atoms with van der Waals surface area (Å²) in [6.07, 6.45) is 0.968. The molecule has 1 aromatic carbocycles. The van der Waals surface area contributed by atoms with Gasteiger partial charge in [0, 0.05) is 6.54 Å². The maximum atomic E-state index is 5.35. The number of hydrogen-bond acceptors (Lipinski definition) is 1. The molecule has 1 rings (SSSR count). The van der Waals surface area contributed by atoms with Crippen LogP contribution in [0.3, 0.4) is 0 Å². The van der Waals surface area contributed by atoms with Crippen LogP contribution < -0.4 is 11.1 Å². The average Bonchev–Trinajstić information content (AvgIpc) is 2.09. The number of aryl methyl sites for hydroxylation is 2. The molecule has 0 fully saturated rings. The van der Waals surface area contributed by atoms with Crippen LogP contribution in [-0.2, 0) is 6.42 Å². The van der Waals surface area contributed by atoms with E-state index >= 15 is 0 Å². The lowest BCUT2D eigenvalue weighted by molar-refractivity contribution is 0.858. The van der Waals surface area contributed by atoms with Crippen molar-refractivity contribution in [1.82, 2.24) is 5.32 Å². The Hall–Kier alpha value is -1.09. The molecule has 0 unspecified atom stereocenters. The summed E-state index contributed by atoms with van der Waals surface area (Å²) >= 11 is 4.74. The highest BCUT2D eigenvalue weighted by molar-refractivity contribution is 7.80. The van der Waals surface area contributed by atoms with Crippen molar-refractivity contribution in [2.24, 2.45) is 5.73 Å². The van der Waals surface area contributed by atoms with E-state index in [0.717, 1.165) is 13.0 Å². The lowest BCUT2D eigenvalue weighted by Gasteiger charge is -2.09. The van der Waals surface area contributed by atoms with E-state index in [1.165, 1.54) is 16.7 Å². The van der Waals surface area contributed by atoms with E-state index in [1.54, 1.807) is 0 Å². The monoisotopic (exact) mass is 208 g/mol. The molecule has 76 valence electrons. The molecule has 0 radical (unpaired) electrons. The van der Waals surface area contributed by atoms with Gasteiger partial charge in [-0.15, -0.1) is 0 Å². The van der Waals surface area contributed by atoms with Crippen LogP contribution in [0.2, 0.25) is 0 Å². The van der Waals surface area contributed by atoms with Gasteiger partial charge in [-0.05, 0) is 49.2 Å². The van der Waals surface area contributed by atoms with Crippen molar-refractivity contribution in [2.45, 2.75) is 20.3 Å². The summed E-state index contributed by atoms with van der Waals surface area (Å²) in [6.45, 7) is 5.06. The molecule has 0 heterocycles. The molecule has 0 spiro atoms. The van der Waals surface area contributed by atoms with Crippen LogP contribution in [-0.4, -0.2) is 11.7 Å². The van der Waals surface area contributed by atoms with Crippen LogP contribution in [0.15, 0.2) is 18.2 Å². The Morgan fingerprint density at radius 2 is 1.93 bits per heavy atom. The highest BCUT2D eigenvalue weighted by atomic mass is 32.1. The molecule has 0 aromatic heterocycles. The highest BCUT2D eigenvalue weighted by Crippen LogP contribution is 2.13. The van der Waals surface area contributed by atoms with Crippen molar-refractivity contribution < 1.29 is 0 Å². The molecule has 0 amide bonds. The van der Waals surface area contributed by atoms with Crippen LogP contribution in [0.1, 0.15) is 16.7 Å². The van der Waals surface area contributed by atoms with Gasteiger partial charge in [0.1, 0.15) is 0 Å². The molecule has 14 heavy (non-hydrogen) atoms. The first-order chi connectivity index (χ1) is 6.61. The Labute approximate surface area is 90.5 Å². The fraction of sp³-hybridized carbons (Fsp3) is 0.364. The zero-order valence-electron chi connectivity index (χ0n) is 8.63. The van der Waals surface area contributed by atoms with Gasteiger partial charge < -0.3 is 11.1 Å². The Kier molecular flexibility index (Phi) is 3.89. The summed E-state index contributed by atoms with van der Waals surface area (Å²) in [5, 5.41) is 3.33. The molecule has 0 saturated carbocycles. The van der Waals surface area contributed by atoms with E-state index in [1.807, 2.05) is 0 Å². The molecule has 0 atom stereocenters. The van der Waals surface area contributed by atoms with Crippen molar-refractivity contribution in [3.8, 4) is 0 Å². The second-order valence-electron chi connectivity index (χ2n) is 3.41. The van der Waals surface area contributed by atoms with Gasteiger partial charge in [-0.3, -0.25) is 0 Å². The minimum absolute atomic E-state index is 0.372. The molecule has 1 aromatic rings. The standard InChI is InChI=1S/C11H16N2S/c1-8-4-3-5-9(2)10(8)6-7-13-11(12)14/h3-5H,6-7H2,1-2H3,(H3,12,13,14). The fourth-order valence-corrected chi connectivity index (χ4v) is 1.66. The van der Waals surface area contributed by atoms with Gasteiger partial charge in [-0.2, -0.15) is 0 Å². The second-order valence-corrected chi connectivity index (χ2v) is 3.85. The highest BCUT2D eigenvalue weighted by Gasteiger charge is 2.01. The third-order valence-corrected chi connectivity index (χ3v) is 2.46. The molecular formula is C11H16N2S. The van der Waals surface area contributed by atoms with Gasteiger partial charge in [0.25, 0.3) is 0 Å². The molecule has 0 saturated heterocycles. The molecule has 0 bridgehead atoms. The zero-order chi connectivity index (χ0) is 10.6. The van der Waals surface area contributed by atoms with Crippen molar-refractivity contribution in [2.75, 3.05) is 6.54 Å². The van der Waals surface area contributed by atoms with Crippen LogP contribution in [0.25, 0.3) is 0 Å². The number of thiocarbonyl (C=S) groups is 1. The normalized spacial score (nSPS) is 9.86. The molecule has 2 nitrogen and oxygen atoms in total. The molecule has 0 aliphatic carbocycles. The maximum Gasteiger partial charge on any atom is 0.163 e. The van der Waals surface area contributed by atoms with Gasteiger partial charge in [0.2, 0.25) is 0 Å². The number of nitrogens with one attached hydrogen (secondary N) is 1. The summed E-state index contributed by atoms with van der Waals surface area (Å²) in [5.41, 5.74) is 9.40. The topological polar surface area (TPSA) is 38.0 Å². The molecule has 0 aliphatic rings. The summed E-state index contributed by atoms with van der Waals surface area (Å²) < 4.78 is 0. The first kappa shape index (κ1) is 11.0. The van der Waals surface area contributed by atoms with E-state index in [9.17, 15) is 0 Å². The predicted molar refractivity (Wildman–Crippen MR) is 64.4 cm³/mol. The Balaban J connectivity index is 2.62. The first-order valence-electron chi connectivity index (χ1n) is 4.69. The maximum absolute atomic E-state index is 5.35. The SMILES string of the molecule is Cc1cccc(C)c1CCNC(N)=S. The number of rotatable bonds is 3. The largest absolute Gasteiger partial charge is 0.376 e. The average molecular weight is 208 g/mol. The number of hydrogen-bond donors (Lipinski definition) is 2. The second kappa shape index (κ2) is 4.96. The number of benzene rings is 1. The summed E-state index contributed by atoms with van der Waals surface area (Å²) in [7, 11) is 0. The zero-order valence-corrected chi connectivity index (χ0v) is 9.45. The van der Waals surface area contributed by atoms with Gasteiger partial charge in [-0.1, -0.05) is 18.2 Å². The van der Waals surface area contributed by atoms with Gasteiger partial charge in [-0.25, -0.2) is 0 Å².